The summed E-state index contributed by atoms with van der Waals surface area (Å²) in [6, 6.07) is 3.97. The van der Waals surface area contributed by atoms with Crippen molar-refractivity contribution in [3.8, 4) is 0 Å². The zero-order chi connectivity index (χ0) is 15.2. The Bertz CT molecular complexity index is 756. The molecule has 2 bridgehead atoms. The molecule has 0 aromatic carbocycles. The second-order valence-corrected chi connectivity index (χ2v) is 6.73. The topological polar surface area (TPSA) is 89.5 Å². The molecule has 2 heterocycles. The fourth-order valence-corrected chi connectivity index (χ4v) is 3.93. The molecule has 0 radical (unpaired) electrons. The Hall–Kier alpha value is -2.11. The lowest BCUT2D eigenvalue weighted by atomic mass is 9.42. The van der Waals surface area contributed by atoms with E-state index in [4.69, 9.17) is 5.53 Å². The van der Waals surface area contributed by atoms with Crippen molar-refractivity contribution in [2.24, 2.45) is 10.5 Å². The molecule has 0 unspecified atom stereocenters. The van der Waals surface area contributed by atoms with Crippen molar-refractivity contribution in [2.75, 3.05) is 6.54 Å². The number of alkyl halides is 1. The van der Waals surface area contributed by atoms with Crippen molar-refractivity contribution in [2.45, 2.75) is 38.0 Å². The molecule has 0 saturated heterocycles. The fraction of sp³-hybridized carbons (Fsp3) is 0.533. The number of hydrogen-bond acceptors (Lipinski definition) is 3. The molecule has 0 aliphatic heterocycles. The van der Waals surface area contributed by atoms with Crippen LogP contribution in [0.4, 0.5) is 4.39 Å². The second kappa shape index (κ2) is 4.69. The van der Waals surface area contributed by atoms with Crippen molar-refractivity contribution >= 4 is 10.9 Å². The van der Waals surface area contributed by atoms with Crippen molar-refractivity contribution in [1.82, 2.24) is 15.3 Å². The number of aromatic amines is 1. The van der Waals surface area contributed by atoms with Gasteiger partial charge in [-0.3, -0.25) is 4.98 Å². The number of fused-ring (bicyclic) bond motifs is 1. The highest BCUT2D eigenvalue weighted by Gasteiger charge is 2.68. The molecule has 3 saturated carbocycles. The summed E-state index contributed by atoms with van der Waals surface area (Å²) in [5.41, 5.74) is 10.6. The number of aromatic nitrogens is 2. The van der Waals surface area contributed by atoms with E-state index in [-0.39, 0.29) is 12.0 Å². The van der Waals surface area contributed by atoms with E-state index >= 15 is 0 Å². The number of halogens is 1. The highest BCUT2D eigenvalue weighted by atomic mass is 19.1. The zero-order valence-electron chi connectivity index (χ0n) is 12.1. The lowest BCUT2D eigenvalue weighted by molar-refractivity contribution is -0.209. The second-order valence-electron chi connectivity index (χ2n) is 6.73. The Kier molecular flexibility index (Phi) is 2.89. The number of hydrogen-bond donors (Lipinski definition) is 2. The molecule has 3 fully saturated rings. The molecule has 6 nitrogen and oxygen atoms in total. The molecule has 3 aliphatic carbocycles. The summed E-state index contributed by atoms with van der Waals surface area (Å²) in [6.45, 7) is 1.88. The Balaban J connectivity index is 1.38. The molecule has 0 amide bonds. The van der Waals surface area contributed by atoms with Crippen LogP contribution in [0, 0.1) is 5.41 Å². The molecule has 7 heteroatoms. The van der Waals surface area contributed by atoms with Gasteiger partial charge in [-0.05, 0) is 42.3 Å². The van der Waals surface area contributed by atoms with Crippen LogP contribution in [0.15, 0.2) is 23.4 Å². The highest BCUT2D eigenvalue weighted by molar-refractivity contribution is 5.79. The first-order valence-corrected chi connectivity index (χ1v) is 7.47. The Morgan fingerprint density at radius 1 is 1.41 bits per heavy atom. The van der Waals surface area contributed by atoms with Crippen LogP contribution < -0.4 is 5.32 Å². The van der Waals surface area contributed by atoms with Crippen molar-refractivity contribution < 1.29 is 4.39 Å². The highest BCUT2D eigenvalue weighted by Crippen LogP contribution is 2.69. The number of nitrogens with one attached hydrogen (secondary N) is 2. The van der Waals surface area contributed by atoms with Gasteiger partial charge in [0.1, 0.15) is 5.67 Å². The maximum atomic E-state index is 13.5. The van der Waals surface area contributed by atoms with Gasteiger partial charge >= 0.3 is 0 Å². The summed E-state index contributed by atoms with van der Waals surface area (Å²) in [5.74, 6) is 0. The van der Waals surface area contributed by atoms with Gasteiger partial charge in [0.2, 0.25) is 0 Å². The number of azide groups is 1. The Morgan fingerprint density at radius 2 is 2.23 bits per heavy atom. The van der Waals surface area contributed by atoms with Gasteiger partial charge in [-0.25, -0.2) is 4.39 Å². The molecule has 22 heavy (non-hydrogen) atoms. The molecule has 2 N–H and O–H groups in total. The van der Waals surface area contributed by atoms with Crippen LogP contribution >= 0.6 is 0 Å². The minimum absolute atomic E-state index is 0.227. The summed E-state index contributed by atoms with van der Waals surface area (Å²) in [6.07, 6.45) is 3.97. The number of H-pyrrole nitrogens is 1. The van der Waals surface area contributed by atoms with Gasteiger partial charge in [0.25, 0.3) is 0 Å². The first-order valence-electron chi connectivity index (χ1n) is 7.47. The van der Waals surface area contributed by atoms with Crippen molar-refractivity contribution in [3.05, 3.63) is 40.2 Å². The molecule has 0 spiro atoms. The molecule has 114 valence electrons. The lowest BCUT2D eigenvalue weighted by Crippen LogP contribution is -2.67. The van der Waals surface area contributed by atoms with Crippen LogP contribution in [0.2, 0.25) is 0 Å². The van der Waals surface area contributed by atoms with E-state index in [1.54, 1.807) is 6.20 Å². The summed E-state index contributed by atoms with van der Waals surface area (Å²) >= 11 is 0. The van der Waals surface area contributed by atoms with Gasteiger partial charge in [-0.2, -0.15) is 0 Å². The molecule has 2 aromatic heterocycles. The first-order chi connectivity index (χ1) is 10.6. The zero-order valence-corrected chi connectivity index (χ0v) is 12.1. The maximum absolute atomic E-state index is 13.5. The monoisotopic (exact) mass is 300 g/mol. The van der Waals surface area contributed by atoms with Gasteiger partial charge in [0.15, 0.2) is 0 Å². The van der Waals surface area contributed by atoms with Gasteiger partial charge in [-0.1, -0.05) is 5.11 Å². The molecule has 5 rings (SSSR count). The quantitative estimate of drug-likeness (QED) is 0.486. The van der Waals surface area contributed by atoms with Gasteiger partial charge < -0.3 is 10.3 Å². The summed E-state index contributed by atoms with van der Waals surface area (Å²) < 4.78 is 13.5. The molecule has 3 aliphatic rings. The average Bonchev–Trinajstić information content (AvgIpc) is 2.83. The van der Waals surface area contributed by atoms with Crippen LogP contribution in [0.5, 0.6) is 0 Å². The van der Waals surface area contributed by atoms with E-state index in [0.29, 0.717) is 0 Å². The molecular weight excluding hydrogens is 283 g/mol. The van der Waals surface area contributed by atoms with Crippen LogP contribution in [0.3, 0.4) is 0 Å². The summed E-state index contributed by atoms with van der Waals surface area (Å²) in [5, 5.41) is 7.98. The van der Waals surface area contributed by atoms with Crippen LogP contribution in [-0.2, 0) is 13.1 Å². The predicted molar refractivity (Wildman–Crippen MR) is 80.8 cm³/mol. The maximum Gasteiger partial charge on any atom is 0.112 e. The van der Waals surface area contributed by atoms with Crippen LogP contribution in [0.1, 0.15) is 30.7 Å². The smallest absolute Gasteiger partial charge is 0.112 e. The third kappa shape index (κ3) is 2.23. The third-order valence-corrected chi connectivity index (χ3v) is 4.80. The normalized spacial score (nSPS) is 28.8. The largest absolute Gasteiger partial charge is 0.357 e. The van der Waals surface area contributed by atoms with E-state index in [1.165, 1.54) is 0 Å². The van der Waals surface area contributed by atoms with Crippen molar-refractivity contribution in [1.29, 1.82) is 0 Å². The summed E-state index contributed by atoms with van der Waals surface area (Å²) in [7, 11) is 0. The van der Waals surface area contributed by atoms with E-state index in [1.807, 2.05) is 6.07 Å². The predicted octanol–water partition coefficient (Wildman–Crippen LogP) is 3.36. The summed E-state index contributed by atoms with van der Waals surface area (Å²) in [4.78, 5) is 10.4. The number of nitrogens with zero attached hydrogens (tertiary/aromatic N) is 4. The van der Waals surface area contributed by atoms with Crippen LogP contribution in [0.25, 0.3) is 21.3 Å². The molecule has 0 atom stereocenters. The van der Waals surface area contributed by atoms with E-state index in [0.717, 1.165) is 54.6 Å². The van der Waals surface area contributed by atoms with Gasteiger partial charge in [0.05, 0.1) is 6.54 Å². The fourth-order valence-electron chi connectivity index (χ4n) is 3.93. The average molecular weight is 300 g/mol. The Morgan fingerprint density at radius 3 is 2.95 bits per heavy atom. The van der Waals surface area contributed by atoms with E-state index in [2.05, 4.69) is 31.4 Å². The Labute approximate surface area is 126 Å². The molecular formula is C15H17FN6. The van der Waals surface area contributed by atoms with Gasteiger partial charge in [0, 0.05) is 46.5 Å². The minimum atomic E-state index is -0.823. The first kappa shape index (κ1) is 13.5. The third-order valence-electron chi connectivity index (χ3n) is 4.80. The SMILES string of the molecule is [N-]=[N+]=NCc1cc2[nH]c(CNCC34CC(F)(C3)C4)cc2cn1. The van der Waals surface area contributed by atoms with Gasteiger partial charge in [-0.15, -0.1) is 0 Å². The van der Waals surface area contributed by atoms with Crippen LogP contribution in [-0.4, -0.2) is 22.2 Å². The molecule has 2 aromatic rings. The van der Waals surface area contributed by atoms with Crippen molar-refractivity contribution in [3.63, 3.8) is 0 Å². The standard InChI is InChI=1S/C15H17FN6/c16-15-6-14(7-15,8-15)9-18-4-12-1-10-3-19-11(5-20-22-17)2-13(10)21-12/h1-3,18,21H,4-9H2. The van der Waals surface area contributed by atoms with E-state index < -0.39 is 5.67 Å². The number of rotatable bonds is 6. The number of pyridine rings is 1. The minimum Gasteiger partial charge on any atom is -0.357 e. The van der Waals surface area contributed by atoms with E-state index in [9.17, 15) is 4.39 Å². The lowest BCUT2D eigenvalue weighted by Gasteiger charge is -2.66.